The number of aryl methyl sites for hydroxylation is 1. The lowest BCUT2D eigenvalue weighted by atomic mass is 9.95. The van der Waals surface area contributed by atoms with E-state index in [1.54, 1.807) is 0 Å². The van der Waals surface area contributed by atoms with E-state index in [2.05, 4.69) is 6.07 Å². The van der Waals surface area contributed by atoms with Gasteiger partial charge in [-0.1, -0.05) is 18.2 Å². The second-order valence-corrected chi connectivity index (χ2v) is 4.92. The van der Waals surface area contributed by atoms with Gasteiger partial charge in [-0.05, 0) is 30.0 Å². The van der Waals surface area contributed by atoms with E-state index in [1.165, 1.54) is 0 Å². The van der Waals surface area contributed by atoms with Crippen LogP contribution in [0.4, 0.5) is 0 Å². The number of benzene rings is 1. The Morgan fingerprint density at radius 3 is 2.84 bits per heavy atom. The third kappa shape index (κ3) is 2.17. The number of hydrogen-bond donors (Lipinski definition) is 0. The first-order valence-electron chi connectivity index (χ1n) is 6.48. The number of carbonyl (C=O) groups is 1. The third-order valence-corrected chi connectivity index (χ3v) is 3.60. The van der Waals surface area contributed by atoms with Gasteiger partial charge in [-0.25, -0.2) is 0 Å². The minimum Gasteiger partial charge on any atom is -0.349 e. The maximum absolute atomic E-state index is 11.8. The normalized spacial score (nSPS) is 13.9. The highest BCUT2D eigenvalue weighted by atomic mass is 16.1. The predicted octanol–water partition coefficient (Wildman–Crippen LogP) is 2.93. The lowest BCUT2D eigenvalue weighted by molar-refractivity contribution is 0.0973. The molecule has 19 heavy (non-hydrogen) atoms. The zero-order valence-corrected chi connectivity index (χ0v) is 10.6. The van der Waals surface area contributed by atoms with Crippen LogP contribution < -0.4 is 0 Å². The molecule has 1 heterocycles. The maximum atomic E-state index is 11.8. The molecule has 0 amide bonds. The Bertz CT molecular complexity index is 676. The van der Waals surface area contributed by atoms with Crippen molar-refractivity contribution in [2.45, 2.75) is 25.8 Å². The predicted molar refractivity (Wildman–Crippen MR) is 72.0 cm³/mol. The van der Waals surface area contributed by atoms with Gasteiger partial charge in [0.2, 0.25) is 0 Å². The molecule has 3 nitrogen and oxygen atoms in total. The zero-order valence-electron chi connectivity index (χ0n) is 10.6. The number of rotatable bonds is 2. The fourth-order valence-electron chi connectivity index (χ4n) is 2.64. The summed E-state index contributed by atoms with van der Waals surface area (Å²) in [6, 6.07) is 9.79. The first-order chi connectivity index (χ1) is 9.28. The number of nitrogens with zero attached hydrogens (tertiary/aromatic N) is 2. The van der Waals surface area contributed by atoms with E-state index >= 15 is 0 Å². The number of aromatic nitrogens is 1. The Morgan fingerprint density at radius 2 is 2.05 bits per heavy atom. The fraction of sp³-hybridized carbons (Fsp3) is 0.250. The van der Waals surface area contributed by atoms with Gasteiger partial charge in [0.25, 0.3) is 0 Å². The second kappa shape index (κ2) is 4.74. The van der Waals surface area contributed by atoms with E-state index in [9.17, 15) is 4.79 Å². The highest BCUT2D eigenvalue weighted by Crippen LogP contribution is 2.23. The molecule has 0 bridgehead atoms. The van der Waals surface area contributed by atoms with Crippen LogP contribution in [0.15, 0.2) is 36.7 Å². The number of nitriles is 1. The second-order valence-electron chi connectivity index (χ2n) is 4.92. The van der Waals surface area contributed by atoms with Crippen molar-refractivity contribution in [2.75, 3.05) is 0 Å². The molecule has 0 N–H and O–H groups in total. The molecule has 0 fully saturated rings. The monoisotopic (exact) mass is 250 g/mol. The van der Waals surface area contributed by atoms with E-state index in [4.69, 9.17) is 5.26 Å². The smallest absolute Gasteiger partial charge is 0.164 e. The molecule has 1 aromatic heterocycles. The molecule has 1 aliphatic rings. The van der Waals surface area contributed by atoms with Gasteiger partial charge < -0.3 is 4.57 Å². The summed E-state index contributed by atoms with van der Waals surface area (Å²) < 4.78 is 2.02. The van der Waals surface area contributed by atoms with Gasteiger partial charge in [0, 0.05) is 30.9 Å². The van der Waals surface area contributed by atoms with Gasteiger partial charge in [-0.3, -0.25) is 4.79 Å². The van der Waals surface area contributed by atoms with E-state index in [-0.39, 0.29) is 5.78 Å². The van der Waals surface area contributed by atoms with Gasteiger partial charge in [-0.15, -0.1) is 0 Å². The first-order valence-corrected chi connectivity index (χ1v) is 6.48. The molecular weight excluding hydrogens is 236 g/mol. The Morgan fingerprint density at radius 1 is 1.21 bits per heavy atom. The third-order valence-electron chi connectivity index (χ3n) is 3.60. The highest BCUT2D eigenvalue weighted by Gasteiger charge is 2.19. The van der Waals surface area contributed by atoms with Crippen LogP contribution in [-0.4, -0.2) is 10.4 Å². The molecule has 0 saturated carbocycles. The molecule has 1 aromatic carbocycles. The molecule has 0 spiro atoms. The van der Waals surface area contributed by atoms with E-state index in [0.717, 1.165) is 29.5 Å². The van der Waals surface area contributed by atoms with Crippen LogP contribution in [0.3, 0.4) is 0 Å². The van der Waals surface area contributed by atoms with Crippen molar-refractivity contribution in [1.29, 1.82) is 5.26 Å². The topological polar surface area (TPSA) is 45.8 Å². The molecule has 1 aliphatic carbocycles. The molecule has 0 saturated heterocycles. The molecule has 0 atom stereocenters. The van der Waals surface area contributed by atoms with Crippen molar-refractivity contribution in [3.05, 3.63) is 58.9 Å². The van der Waals surface area contributed by atoms with Crippen molar-refractivity contribution >= 4 is 5.78 Å². The SMILES string of the molecule is N#Cc1ccccc1Cn1cc2c(c1)C(=O)CCC2. The number of carbonyl (C=O) groups excluding carboxylic acids is 1. The van der Waals surface area contributed by atoms with Crippen LogP contribution in [0.25, 0.3) is 0 Å². The Labute approximate surface area is 112 Å². The number of fused-ring (bicyclic) bond motifs is 1. The summed E-state index contributed by atoms with van der Waals surface area (Å²) in [5.41, 5.74) is 3.69. The van der Waals surface area contributed by atoms with Gasteiger partial charge >= 0.3 is 0 Å². The zero-order chi connectivity index (χ0) is 13.2. The molecule has 0 radical (unpaired) electrons. The molecular formula is C16H14N2O. The Hall–Kier alpha value is -2.34. The van der Waals surface area contributed by atoms with Crippen LogP contribution in [-0.2, 0) is 13.0 Å². The number of ketones is 1. The van der Waals surface area contributed by atoms with Gasteiger partial charge in [-0.2, -0.15) is 5.26 Å². The Balaban J connectivity index is 1.92. The molecule has 94 valence electrons. The van der Waals surface area contributed by atoms with Crippen LogP contribution in [0.5, 0.6) is 0 Å². The number of Topliss-reactive ketones (excluding diaryl/α,β-unsaturated/α-hetero) is 1. The summed E-state index contributed by atoms with van der Waals surface area (Å²) >= 11 is 0. The average molecular weight is 250 g/mol. The molecule has 3 heteroatoms. The minimum absolute atomic E-state index is 0.244. The van der Waals surface area contributed by atoms with E-state index in [1.807, 2.05) is 41.2 Å². The van der Waals surface area contributed by atoms with Crippen molar-refractivity contribution in [3.8, 4) is 6.07 Å². The lowest BCUT2D eigenvalue weighted by Crippen LogP contribution is -2.07. The van der Waals surface area contributed by atoms with Crippen molar-refractivity contribution in [2.24, 2.45) is 0 Å². The van der Waals surface area contributed by atoms with Crippen LogP contribution in [0.1, 0.15) is 39.9 Å². The highest BCUT2D eigenvalue weighted by molar-refractivity contribution is 5.98. The standard InChI is InChI=1S/C16H14N2O/c17-8-12-4-1-2-5-13(12)9-18-10-14-6-3-7-16(19)15(14)11-18/h1-2,4-5,10-11H,3,6-7,9H2. The summed E-state index contributed by atoms with van der Waals surface area (Å²) in [5.74, 6) is 0.244. The average Bonchev–Trinajstić information content (AvgIpc) is 2.83. The van der Waals surface area contributed by atoms with Crippen molar-refractivity contribution in [3.63, 3.8) is 0 Å². The van der Waals surface area contributed by atoms with Crippen LogP contribution in [0, 0.1) is 11.3 Å². The summed E-state index contributed by atoms with van der Waals surface area (Å²) in [7, 11) is 0. The number of hydrogen-bond acceptors (Lipinski definition) is 2. The molecule has 2 aromatic rings. The van der Waals surface area contributed by atoms with E-state index in [0.29, 0.717) is 18.5 Å². The summed E-state index contributed by atoms with van der Waals surface area (Å²) in [5, 5.41) is 9.09. The molecule has 3 rings (SSSR count). The molecule has 0 unspecified atom stereocenters. The van der Waals surface area contributed by atoms with Crippen LogP contribution >= 0.6 is 0 Å². The van der Waals surface area contributed by atoms with E-state index < -0.39 is 0 Å². The lowest BCUT2D eigenvalue weighted by Gasteiger charge is -2.07. The Kier molecular flexibility index (Phi) is 2.92. The quantitative estimate of drug-likeness (QED) is 0.822. The molecule has 0 aliphatic heterocycles. The van der Waals surface area contributed by atoms with Crippen LogP contribution in [0.2, 0.25) is 0 Å². The first kappa shape index (κ1) is 11.7. The van der Waals surface area contributed by atoms with Gasteiger partial charge in [0.05, 0.1) is 11.6 Å². The largest absolute Gasteiger partial charge is 0.349 e. The van der Waals surface area contributed by atoms with Gasteiger partial charge in [0.1, 0.15) is 0 Å². The minimum atomic E-state index is 0.244. The van der Waals surface area contributed by atoms with Crippen molar-refractivity contribution < 1.29 is 4.79 Å². The summed E-state index contributed by atoms with van der Waals surface area (Å²) in [6.45, 7) is 0.643. The van der Waals surface area contributed by atoms with Gasteiger partial charge in [0.15, 0.2) is 5.78 Å². The summed E-state index contributed by atoms with van der Waals surface area (Å²) in [4.78, 5) is 11.8. The maximum Gasteiger partial charge on any atom is 0.164 e. The van der Waals surface area contributed by atoms with Crippen molar-refractivity contribution in [1.82, 2.24) is 4.57 Å². The fourth-order valence-corrected chi connectivity index (χ4v) is 2.64. The summed E-state index contributed by atoms with van der Waals surface area (Å²) in [6.07, 6.45) is 6.55.